The van der Waals surface area contributed by atoms with E-state index >= 15 is 0 Å². The van der Waals surface area contributed by atoms with Crippen LogP contribution in [0.4, 0.5) is 11.4 Å². The van der Waals surface area contributed by atoms with Gasteiger partial charge in [-0.05, 0) is 30.3 Å². The van der Waals surface area contributed by atoms with Crippen LogP contribution in [0.2, 0.25) is 0 Å². The van der Waals surface area contributed by atoms with E-state index in [1.807, 2.05) is 0 Å². The van der Waals surface area contributed by atoms with Crippen molar-refractivity contribution in [3.8, 4) is 11.5 Å². The summed E-state index contributed by atoms with van der Waals surface area (Å²) in [6.45, 7) is -0.626. The van der Waals surface area contributed by atoms with E-state index in [0.29, 0.717) is 22.9 Å². The van der Waals surface area contributed by atoms with Crippen LogP contribution in [0, 0.1) is 0 Å². The molecule has 0 spiro atoms. The number of ether oxygens (including phenoxy) is 3. The van der Waals surface area contributed by atoms with Gasteiger partial charge in [0.05, 0.1) is 31.2 Å². The minimum Gasteiger partial charge on any atom is -0.493 e. The molecule has 1 aliphatic rings. The molecule has 3 rings (SSSR count). The second kappa shape index (κ2) is 7.77. The van der Waals surface area contributed by atoms with E-state index in [4.69, 9.17) is 14.2 Å². The monoisotopic (exact) mass is 370 g/mol. The molecule has 0 radical (unpaired) electrons. The van der Waals surface area contributed by atoms with Crippen molar-refractivity contribution in [1.82, 2.24) is 0 Å². The van der Waals surface area contributed by atoms with Gasteiger partial charge in [-0.3, -0.25) is 14.5 Å². The van der Waals surface area contributed by atoms with Crippen molar-refractivity contribution in [3.05, 3.63) is 48.0 Å². The predicted molar refractivity (Wildman–Crippen MR) is 97.3 cm³/mol. The molecule has 1 aliphatic heterocycles. The minimum absolute atomic E-state index is 0.135. The van der Waals surface area contributed by atoms with E-state index in [1.54, 1.807) is 30.3 Å². The van der Waals surface area contributed by atoms with Gasteiger partial charge in [-0.1, -0.05) is 12.1 Å². The lowest BCUT2D eigenvalue weighted by atomic mass is 10.2. The summed E-state index contributed by atoms with van der Waals surface area (Å²) in [6.07, 6.45) is 0. The van der Waals surface area contributed by atoms with Gasteiger partial charge in [0.1, 0.15) is 6.54 Å². The summed E-state index contributed by atoms with van der Waals surface area (Å²) in [4.78, 5) is 37.8. The van der Waals surface area contributed by atoms with E-state index in [2.05, 4.69) is 5.32 Å². The quantitative estimate of drug-likeness (QED) is 0.807. The van der Waals surface area contributed by atoms with Gasteiger partial charge in [-0.15, -0.1) is 0 Å². The molecule has 1 heterocycles. The first-order chi connectivity index (χ1) is 13.0. The maximum atomic E-state index is 12.5. The number of carbonyl (C=O) groups excluding carboxylic acids is 3. The Labute approximate surface area is 155 Å². The number of hydrogen-bond donors (Lipinski definition) is 1. The smallest absolute Gasteiger partial charge is 0.338 e. The number of anilines is 2. The summed E-state index contributed by atoms with van der Waals surface area (Å²) in [6, 6.07) is 11.5. The van der Waals surface area contributed by atoms with Crippen LogP contribution in [0.25, 0.3) is 0 Å². The van der Waals surface area contributed by atoms with Gasteiger partial charge in [0.15, 0.2) is 18.1 Å². The molecule has 1 N–H and O–H groups in total. The van der Waals surface area contributed by atoms with Crippen LogP contribution in [0.1, 0.15) is 10.4 Å². The van der Waals surface area contributed by atoms with Crippen LogP contribution in [0.15, 0.2) is 42.5 Å². The van der Waals surface area contributed by atoms with E-state index < -0.39 is 18.5 Å². The number of nitrogens with zero attached hydrogens (tertiary/aromatic N) is 1. The lowest BCUT2D eigenvalue weighted by molar-refractivity contribution is -0.124. The average molecular weight is 370 g/mol. The summed E-state index contributed by atoms with van der Waals surface area (Å²) >= 11 is 0. The molecule has 8 heteroatoms. The highest BCUT2D eigenvalue weighted by Gasteiger charge is 2.27. The fraction of sp³-hybridized carbons (Fsp3) is 0.211. The van der Waals surface area contributed by atoms with Gasteiger partial charge >= 0.3 is 5.97 Å². The third-order valence-electron chi connectivity index (χ3n) is 4.02. The van der Waals surface area contributed by atoms with E-state index in [-0.39, 0.29) is 18.0 Å². The van der Waals surface area contributed by atoms with Crippen LogP contribution >= 0.6 is 0 Å². The Morgan fingerprint density at radius 1 is 1.07 bits per heavy atom. The molecule has 0 saturated carbocycles. The van der Waals surface area contributed by atoms with Crippen LogP contribution < -0.4 is 19.7 Å². The standard InChI is InChI=1S/C19H18N2O6/c1-25-15-8-7-12(9-16(15)26-2)19(24)27-11-18(23)21-10-17(22)20-13-5-3-4-6-14(13)21/h3-9H,10-11H2,1-2H3,(H,20,22). The summed E-state index contributed by atoms with van der Waals surface area (Å²) in [5, 5.41) is 2.69. The third kappa shape index (κ3) is 3.84. The molecule has 0 aliphatic carbocycles. The molecule has 0 saturated heterocycles. The van der Waals surface area contributed by atoms with Crippen molar-refractivity contribution in [2.45, 2.75) is 0 Å². The molecule has 2 amide bonds. The number of benzene rings is 2. The van der Waals surface area contributed by atoms with Crippen molar-refractivity contribution in [2.75, 3.05) is 37.6 Å². The van der Waals surface area contributed by atoms with Crippen LogP contribution in [-0.2, 0) is 14.3 Å². The first-order valence-corrected chi connectivity index (χ1v) is 8.12. The number of hydrogen-bond acceptors (Lipinski definition) is 6. The third-order valence-corrected chi connectivity index (χ3v) is 4.02. The largest absolute Gasteiger partial charge is 0.493 e. The second-order valence-electron chi connectivity index (χ2n) is 5.69. The van der Waals surface area contributed by atoms with Crippen LogP contribution in [-0.4, -0.2) is 45.2 Å². The normalized spacial score (nSPS) is 12.7. The van der Waals surface area contributed by atoms with Crippen molar-refractivity contribution >= 4 is 29.2 Å². The Kier molecular flexibility index (Phi) is 5.25. The molecule has 0 bridgehead atoms. The zero-order valence-corrected chi connectivity index (χ0v) is 14.9. The number of methoxy groups -OCH3 is 2. The van der Waals surface area contributed by atoms with Gasteiger partial charge in [0, 0.05) is 0 Å². The first kappa shape index (κ1) is 18.2. The fourth-order valence-electron chi connectivity index (χ4n) is 2.71. The number of amides is 2. The Hall–Kier alpha value is -3.55. The molecule has 0 fully saturated rings. The van der Waals surface area contributed by atoms with Crippen molar-refractivity contribution < 1.29 is 28.6 Å². The molecule has 0 aromatic heterocycles. The molecular weight excluding hydrogens is 352 g/mol. The van der Waals surface area contributed by atoms with E-state index in [1.165, 1.54) is 31.3 Å². The Morgan fingerprint density at radius 3 is 2.56 bits per heavy atom. The highest BCUT2D eigenvalue weighted by Crippen LogP contribution is 2.29. The Balaban J connectivity index is 1.69. The molecular formula is C19H18N2O6. The van der Waals surface area contributed by atoms with E-state index in [9.17, 15) is 14.4 Å². The molecule has 2 aromatic carbocycles. The number of carbonyl (C=O) groups is 3. The number of esters is 1. The minimum atomic E-state index is -0.681. The lowest BCUT2D eigenvalue weighted by Gasteiger charge is -2.28. The summed E-state index contributed by atoms with van der Waals surface area (Å²) in [5.74, 6) is -0.639. The summed E-state index contributed by atoms with van der Waals surface area (Å²) < 4.78 is 15.4. The molecule has 0 unspecified atom stereocenters. The fourth-order valence-corrected chi connectivity index (χ4v) is 2.71. The highest BCUT2D eigenvalue weighted by molar-refractivity contribution is 6.10. The van der Waals surface area contributed by atoms with Crippen molar-refractivity contribution in [1.29, 1.82) is 0 Å². The number of para-hydroxylation sites is 2. The van der Waals surface area contributed by atoms with E-state index in [0.717, 1.165) is 0 Å². The number of rotatable bonds is 5. The Morgan fingerprint density at radius 2 is 1.81 bits per heavy atom. The molecule has 8 nitrogen and oxygen atoms in total. The van der Waals surface area contributed by atoms with Crippen molar-refractivity contribution in [2.24, 2.45) is 0 Å². The Bertz CT molecular complexity index is 896. The van der Waals surface area contributed by atoms with Crippen LogP contribution in [0.5, 0.6) is 11.5 Å². The van der Waals surface area contributed by atoms with Gasteiger partial charge in [-0.2, -0.15) is 0 Å². The molecule has 0 atom stereocenters. The van der Waals surface area contributed by atoms with Crippen LogP contribution in [0.3, 0.4) is 0 Å². The topological polar surface area (TPSA) is 94.2 Å². The molecule has 2 aromatic rings. The zero-order valence-electron chi connectivity index (χ0n) is 14.9. The number of fused-ring (bicyclic) bond motifs is 1. The first-order valence-electron chi connectivity index (χ1n) is 8.12. The number of nitrogens with one attached hydrogen (secondary N) is 1. The average Bonchev–Trinajstić information content (AvgIpc) is 2.70. The lowest BCUT2D eigenvalue weighted by Crippen LogP contribution is -2.44. The highest BCUT2D eigenvalue weighted by atomic mass is 16.5. The van der Waals surface area contributed by atoms with Gasteiger partial charge in [0.2, 0.25) is 5.91 Å². The summed E-state index contributed by atoms with van der Waals surface area (Å²) in [5.41, 5.74) is 1.31. The maximum absolute atomic E-state index is 12.5. The molecule has 27 heavy (non-hydrogen) atoms. The maximum Gasteiger partial charge on any atom is 0.338 e. The zero-order chi connectivity index (χ0) is 19.4. The van der Waals surface area contributed by atoms with Crippen molar-refractivity contribution in [3.63, 3.8) is 0 Å². The van der Waals surface area contributed by atoms with Gasteiger partial charge < -0.3 is 19.5 Å². The molecule has 140 valence electrons. The predicted octanol–water partition coefficient (Wildman–Crippen LogP) is 1.85. The second-order valence-corrected chi connectivity index (χ2v) is 5.69. The van der Waals surface area contributed by atoms with Gasteiger partial charge in [-0.25, -0.2) is 4.79 Å². The SMILES string of the molecule is COc1ccc(C(=O)OCC(=O)N2CC(=O)Nc3ccccc32)cc1OC. The van der Waals surface area contributed by atoms with Gasteiger partial charge in [0.25, 0.3) is 5.91 Å². The summed E-state index contributed by atoms with van der Waals surface area (Å²) in [7, 11) is 2.94.